The molecule has 8 heteroatoms. The maximum absolute atomic E-state index is 13.1. The van der Waals surface area contributed by atoms with Crippen molar-refractivity contribution in [2.45, 2.75) is 10.8 Å². The largest absolute Gasteiger partial charge is 0.293 e. The van der Waals surface area contributed by atoms with Gasteiger partial charge in [0.25, 0.3) is 0 Å². The van der Waals surface area contributed by atoms with Crippen molar-refractivity contribution < 1.29 is 14.4 Å². The average Bonchev–Trinajstić information content (AvgIpc) is 3.55. The number of anilines is 1. The molecule has 2 aromatic carbocycles. The lowest BCUT2D eigenvalue weighted by Crippen LogP contribution is -2.32. The molecule has 2 heterocycles. The van der Waals surface area contributed by atoms with Gasteiger partial charge in [0.1, 0.15) is 0 Å². The van der Waals surface area contributed by atoms with Crippen molar-refractivity contribution in [3.63, 3.8) is 0 Å². The molecular weight excluding hydrogens is 508 g/mol. The molecule has 4 atom stereocenters. The lowest BCUT2D eigenvalue weighted by molar-refractivity contribution is -0.123. The van der Waals surface area contributed by atoms with E-state index in [0.717, 1.165) is 25.4 Å². The third kappa shape index (κ3) is 3.19. The van der Waals surface area contributed by atoms with Gasteiger partial charge in [0, 0.05) is 10.0 Å². The summed E-state index contributed by atoms with van der Waals surface area (Å²) in [4.78, 5) is 44.6. The van der Waals surface area contributed by atoms with E-state index in [1.54, 1.807) is 18.2 Å². The Morgan fingerprint density at radius 2 is 1.75 bits per heavy atom. The van der Waals surface area contributed by atoms with Crippen LogP contribution in [0.4, 0.5) is 5.69 Å². The molecule has 160 valence electrons. The lowest BCUT2D eigenvalue weighted by atomic mass is 9.85. The molecule has 3 aliphatic rings. The SMILES string of the molecule is O=C(CSc1nc2ccc(N3C(=O)[C@@H]4[C@@H](C3=O)[C@H]3C=C[C@H]4C3)cc2s1)c1ccc(Br)cc1. The number of amides is 2. The van der Waals surface area contributed by atoms with Crippen LogP contribution in [-0.4, -0.2) is 28.3 Å². The van der Waals surface area contributed by atoms with E-state index in [2.05, 4.69) is 33.1 Å². The number of nitrogens with zero attached hydrogens (tertiary/aromatic N) is 2. The molecular formula is C24H17BrN2O3S2. The van der Waals surface area contributed by atoms with Gasteiger partial charge < -0.3 is 0 Å². The smallest absolute Gasteiger partial charge is 0.238 e. The molecule has 2 amide bonds. The number of thiazole rings is 1. The van der Waals surface area contributed by atoms with E-state index in [1.807, 2.05) is 24.3 Å². The van der Waals surface area contributed by atoms with Gasteiger partial charge in [-0.05, 0) is 48.6 Å². The molecule has 5 nitrogen and oxygen atoms in total. The predicted octanol–water partition coefficient (Wildman–Crippen LogP) is 5.35. The van der Waals surface area contributed by atoms with Gasteiger partial charge in [0.2, 0.25) is 11.8 Å². The molecule has 6 rings (SSSR count). The molecule has 3 aromatic rings. The summed E-state index contributed by atoms with van der Waals surface area (Å²) in [6.07, 6.45) is 5.13. The topological polar surface area (TPSA) is 67.3 Å². The van der Waals surface area contributed by atoms with Crippen molar-refractivity contribution in [2.75, 3.05) is 10.7 Å². The van der Waals surface area contributed by atoms with E-state index in [0.29, 0.717) is 17.0 Å². The monoisotopic (exact) mass is 524 g/mol. The van der Waals surface area contributed by atoms with Crippen LogP contribution in [-0.2, 0) is 9.59 Å². The highest BCUT2D eigenvalue weighted by Crippen LogP contribution is 2.53. The number of carbonyl (C=O) groups is 3. The van der Waals surface area contributed by atoms with Crippen LogP contribution in [0.15, 0.2) is 63.4 Å². The van der Waals surface area contributed by atoms with Gasteiger partial charge in [-0.1, -0.05) is 52.0 Å². The van der Waals surface area contributed by atoms with Crippen LogP contribution in [0.25, 0.3) is 10.2 Å². The van der Waals surface area contributed by atoms with Crippen molar-refractivity contribution in [1.82, 2.24) is 4.98 Å². The second-order valence-electron chi connectivity index (χ2n) is 8.36. The first-order valence-electron chi connectivity index (χ1n) is 10.4. The number of carbonyl (C=O) groups excluding carboxylic acids is 3. The third-order valence-corrected chi connectivity index (χ3v) is 9.26. The Kier molecular flexibility index (Phi) is 4.85. The van der Waals surface area contributed by atoms with Gasteiger partial charge in [-0.15, -0.1) is 11.3 Å². The van der Waals surface area contributed by atoms with Crippen LogP contribution < -0.4 is 4.90 Å². The Bertz CT molecular complexity index is 1290. The fraction of sp³-hybridized carbons (Fsp3) is 0.250. The van der Waals surface area contributed by atoms with E-state index in [4.69, 9.17) is 0 Å². The number of hydrogen-bond acceptors (Lipinski definition) is 6. The first kappa shape index (κ1) is 20.3. The number of benzene rings is 2. The van der Waals surface area contributed by atoms with Crippen molar-refractivity contribution in [2.24, 2.45) is 23.7 Å². The van der Waals surface area contributed by atoms with Gasteiger partial charge in [0.15, 0.2) is 10.1 Å². The number of fused-ring (bicyclic) bond motifs is 6. The van der Waals surface area contributed by atoms with Crippen LogP contribution in [0.3, 0.4) is 0 Å². The van der Waals surface area contributed by atoms with Gasteiger partial charge in [-0.25, -0.2) is 9.88 Å². The molecule has 1 aliphatic heterocycles. The zero-order chi connectivity index (χ0) is 22.0. The van der Waals surface area contributed by atoms with Gasteiger partial charge in [-0.2, -0.15) is 0 Å². The number of hydrogen-bond donors (Lipinski definition) is 0. The number of ketones is 1. The molecule has 2 fully saturated rings. The summed E-state index contributed by atoms with van der Waals surface area (Å²) in [5.74, 6) is 0.193. The second-order valence-corrected chi connectivity index (χ2v) is 11.5. The maximum atomic E-state index is 13.1. The summed E-state index contributed by atoms with van der Waals surface area (Å²) < 4.78 is 2.63. The molecule has 1 saturated carbocycles. The first-order chi connectivity index (χ1) is 15.5. The molecule has 0 unspecified atom stereocenters. The summed E-state index contributed by atoms with van der Waals surface area (Å²) in [5.41, 5.74) is 2.09. The van der Waals surface area contributed by atoms with Crippen molar-refractivity contribution >= 4 is 72.5 Å². The molecule has 0 N–H and O–H groups in total. The minimum Gasteiger partial charge on any atom is -0.293 e. The minimum absolute atomic E-state index is 0.0467. The number of rotatable bonds is 5. The van der Waals surface area contributed by atoms with E-state index in [-0.39, 0.29) is 41.3 Å². The molecule has 2 bridgehead atoms. The van der Waals surface area contributed by atoms with E-state index >= 15 is 0 Å². The second kappa shape index (κ2) is 7.64. The van der Waals surface area contributed by atoms with E-state index in [9.17, 15) is 14.4 Å². The van der Waals surface area contributed by atoms with Crippen LogP contribution in [0.5, 0.6) is 0 Å². The average molecular weight is 525 g/mol. The van der Waals surface area contributed by atoms with Gasteiger partial charge in [0.05, 0.1) is 33.5 Å². The first-order valence-corrected chi connectivity index (χ1v) is 13.0. The van der Waals surface area contributed by atoms with E-state index < -0.39 is 0 Å². The van der Waals surface area contributed by atoms with Crippen LogP contribution in [0.2, 0.25) is 0 Å². The quantitative estimate of drug-likeness (QED) is 0.195. The maximum Gasteiger partial charge on any atom is 0.238 e. The predicted molar refractivity (Wildman–Crippen MR) is 129 cm³/mol. The summed E-state index contributed by atoms with van der Waals surface area (Å²) in [6, 6.07) is 12.8. The van der Waals surface area contributed by atoms with Crippen molar-refractivity contribution in [3.05, 3.63) is 64.7 Å². The fourth-order valence-electron chi connectivity index (χ4n) is 5.10. The van der Waals surface area contributed by atoms with E-state index in [1.165, 1.54) is 28.0 Å². The summed E-state index contributed by atoms with van der Waals surface area (Å²) in [5, 5.41) is 0. The van der Waals surface area contributed by atoms with Crippen molar-refractivity contribution in [1.29, 1.82) is 0 Å². The Labute approximate surface area is 201 Å². The van der Waals surface area contributed by atoms with Crippen LogP contribution >= 0.6 is 39.0 Å². The Balaban J connectivity index is 1.21. The molecule has 1 saturated heterocycles. The number of halogens is 1. The van der Waals surface area contributed by atoms with Gasteiger partial charge >= 0.3 is 0 Å². The van der Waals surface area contributed by atoms with Gasteiger partial charge in [-0.3, -0.25) is 14.4 Å². The summed E-state index contributed by atoms with van der Waals surface area (Å²) in [7, 11) is 0. The highest BCUT2D eigenvalue weighted by Gasteiger charge is 2.59. The summed E-state index contributed by atoms with van der Waals surface area (Å²) >= 11 is 6.26. The number of Topliss-reactive ketones (excluding diaryl/α,β-unsaturated/α-hetero) is 1. The van der Waals surface area contributed by atoms with Crippen LogP contribution in [0.1, 0.15) is 16.8 Å². The van der Waals surface area contributed by atoms with Crippen LogP contribution in [0, 0.1) is 23.7 Å². The van der Waals surface area contributed by atoms with Crippen molar-refractivity contribution in [3.8, 4) is 0 Å². The third-order valence-electron chi connectivity index (χ3n) is 6.57. The molecule has 0 radical (unpaired) electrons. The number of allylic oxidation sites excluding steroid dienone is 2. The Morgan fingerprint density at radius 3 is 2.44 bits per heavy atom. The zero-order valence-corrected chi connectivity index (χ0v) is 20.0. The highest BCUT2D eigenvalue weighted by atomic mass is 79.9. The number of thioether (sulfide) groups is 1. The zero-order valence-electron chi connectivity index (χ0n) is 16.7. The Morgan fingerprint density at radius 1 is 1.06 bits per heavy atom. The lowest BCUT2D eigenvalue weighted by Gasteiger charge is -2.17. The molecule has 2 aliphatic carbocycles. The number of aromatic nitrogens is 1. The highest BCUT2D eigenvalue weighted by molar-refractivity contribution is 9.10. The molecule has 32 heavy (non-hydrogen) atoms. The number of imide groups is 1. The summed E-state index contributed by atoms with van der Waals surface area (Å²) in [6.45, 7) is 0. The molecule has 0 spiro atoms. The fourth-order valence-corrected chi connectivity index (χ4v) is 7.36. The minimum atomic E-state index is -0.203. The normalized spacial score (nSPS) is 25.8. The standard InChI is InChI=1S/C24H17BrN2O3S2/c25-15-5-3-12(4-6-15)18(28)11-31-24-26-17-8-7-16(10-19(17)32-24)27-22(29)20-13-1-2-14(9-13)21(20)23(27)30/h1-8,10,13-14,20-21H,9,11H2/t13-,14-,20-,21-/m0/s1. The Hall–Kier alpha value is -2.29. The molecule has 1 aromatic heterocycles.